The molecular formula is C15H22N2O. The molecule has 2 unspecified atom stereocenters. The van der Waals surface area contributed by atoms with Crippen molar-refractivity contribution in [2.75, 3.05) is 19.6 Å². The summed E-state index contributed by atoms with van der Waals surface area (Å²) in [6, 6.07) is 1.29. The van der Waals surface area contributed by atoms with E-state index in [0.717, 1.165) is 30.8 Å². The molecule has 0 N–H and O–H groups in total. The van der Waals surface area contributed by atoms with Gasteiger partial charge in [0.1, 0.15) is 0 Å². The van der Waals surface area contributed by atoms with Crippen LogP contribution >= 0.6 is 0 Å². The molecule has 4 rings (SSSR count). The summed E-state index contributed by atoms with van der Waals surface area (Å²) in [5.41, 5.74) is 0. The van der Waals surface area contributed by atoms with Crippen LogP contribution in [0.3, 0.4) is 0 Å². The Balaban J connectivity index is 1.68. The van der Waals surface area contributed by atoms with E-state index in [9.17, 15) is 4.79 Å². The van der Waals surface area contributed by atoms with Crippen LogP contribution in [0.25, 0.3) is 0 Å². The zero-order valence-corrected chi connectivity index (χ0v) is 10.9. The lowest BCUT2D eigenvalue weighted by atomic mass is 9.68. The van der Waals surface area contributed by atoms with E-state index >= 15 is 0 Å². The van der Waals surface area contributed by atoms with Crippen LogP contribution < -0.4 is 0 Å². The molecule has 4 aliphatic heterocycles. The number of piperidine rings is 3. The number of carbonyl (C=O) groups excluding carboxylic acids is 1. The van der Waals surface area contributed by atoms with E-state index in [1.165, 1.54) is 38.8 Å². The second-order valence-electron chi connectivity index (χ2n) is 6.43. The van der Waals surface area contributed by atoms with Gasteiger partial charge in [-0.25, -0.2) is 0 Å². The Morgan fingerprint density at radius 1 is 1.17 bits per heavy atom. The van der Waals surface area contributed by atoms with Gasteiger partial charge in [-0.3, -0.25) is 9.69 Å². The second kappa shape index (κ2) is 4.09. The molecule has 0 aromatic rings. The molecule has 4 aliphatic rings. The van der Waals surface area contributed by atoms with Crippen LogP contribution in [0, 0.1) is 11.8 Å². The van der Waals surface area contributed by atoms with Gasteiger partial charge in [0, 0.05) is 18.6 Å². The Hall–Kier alpha value is -0.830. The van der Waals surface area contributed by atoms with Crippen molar-refractivity contribution in [1.29, 1.82) is 0 Å². The maximum atomic E-state index is 12.1. The molecule has 4 atom stereocenters. The summed E-state index contributed by atoms with van der Waals surface area (Å²) in [4.78, 5) is 17.0. The van der Waals surface area contributed by atoms with E-state index in [2.05, 4.69) is 15.9 Å². The van der Waals surface area contributed by atoms with Gasteiger partial charge >= 0.3 is 0 Å². The molecule has 0 aliphatic carbocycles. The Morgan fingerprint density at radius 2 is 2.00 bits per heavy atom. The zero-order chi connectivity index (χ0) is 12.1. The number of hydrogen-bond donors (Lipinski definition) is 0. The first-order valence-electron chi connectivity index (χ1n) is 7.56. The molecule has 3 fully saturated rings. The molecule has 0 aromatic carbocycles. The molecule has 98 valence electrons. The minimum atomic E-state index is 0.271. The van der Waals surface area contributed by atoms with Crippen LogP contribution in [-0.4, -0.2) is 47.4 Å². The smallest absolute Gasteiger partial charge is 0.246 e. The van der Waals surface area contributed by atoms with Gasteiger partial charge in [0.25, 0.3) is 0 Å². The highest BCUT2D eigenvalue weighted by Crippen LogP contribution is 2.43. The summed E-state index contributed by atoms with van der Waals surface area (Å²) in [5, 5.41) is 0. The van der Waals surface area contributed by atoms with Gasteiger partial charge in [0.2, 0.25) is 5.91 Å². The highest BCUT2D eigenvalue weighted by atomic mass is 16.2. The predicted octanol–water partition coefficient (Wildman–Crippen LogP) is 1.65. The average Bonchev–Trinajstić information content (AvgIpc) is 2.41. The molecule has 4 heterocycles. The van der Waals surface area contributed by atoms with Gasteiger partial charge in [-0.05, 0) is 63.1 Å². The predicted molar refractivity (Wildman–Crippen MR) is 70.1 cm³/mol. The van der Waals surface area contributed by atoms with E-state index in [0.29, 0.717) is 6.04 Å². The Labute approximate surface area is 109 Å². The zero-order valence-electron chi connectivity index (χ0n) is 10.9. The third-order valence-corrected chi connectivity index (χ3v) is 5.59. The largest absolute Gasteiger partial charge is 0.335 e. The first kappa shape index (κ1) is 11.0. The van der Waals surface area contributed by atoms with Crippen molar-refractivity contribution < 1.29 is 4.79 Å². The first-order chi connectivity index (χ1) is 8.84. The molecular weight excluding hydrogens is 224 g/mol. The molecule has 1 amide bonds. The lowest BCUT2D eigenvalue weighted by Gasteiger charge is -2.57. The van der Waals surface area contributed by atoms with Crippen molar-refractivity contribution in [2.45, 2.75) is 44.2 Å². The lowest BCUT2D eigenvalue weighted by Crippen LogP contribution is -2.65. The molecule has 0 radical (unpaired) electrons. The van der Waals surface area contributed by atoms with Crippen molar-refractivity contribution in [3.8, 4) is 0 Å². The second-order valence-corrected chi connectivity index (χ2v) is 6.43. The highest BCUT2D eigenvalue weighted by Gasteiger charge is 2.49. The van der Waals surface area contributed by atoms with Gasteiger partial charge in [0.05, 0.1) is 0 Å². The van der Waals surface area contributed by atoms with Gasteiger partial charge in [-0.15, -0.1) is 0 Å². The number of amides is 1. The van der Waals surface area contributed by atoms with Crippen LogP contribution in [0.15, 0.2) is 12.2 Å². The summed E-state index contributed by atoms with van der Waals surface area (Å²) in [6.45, 7) is 3.62. The first-order valence-corrected chi connectivity index (χ1v) is 7.56. The van der Waals surface area contributed by atoms with Gasteiger partial charge in [-0.1, -0.05) is 6.08 Å². The minimum Gasteiger partial charge on any atom is -0.335 e. The van der Waals surface area contributed by atoms with Gasteiger partial charge in [0.15, 0.2) is 0 Å². The third kappa shape index (κ3) is 1.49. The van der Waals surface area contributed by atoms with Crippen LogP contribution in [0.1, 0.15) is 32.1 Å². The average molecular weight is 246 g/mol. The van der Waals surface area contributed by atoms with E-state index in [1.54, 1.807) is 6.08 Å². The normalized spacial score (nSPS) is 43.6. The quantitative estimate of drug-likeness (QED) is 0.649. The number of fused-ring (bicyclic) bond motifs is 2. The standard InChI is InChI=1S/C15H22N2O/c18-14-7-1-6-13-12-5-3-9-16-8-2-4-11(15(12)16)10-17(13)14/h1,7,11-13,15H,2-6,8-10H2/t11-,12?,13-,15?/m1/s1. The summed E-state index contributed by atoms with van der Waals surface area (Å²) in [6.07, 6.45) is 10.3. The van der Waals surface area contributed by atoms with Crippen LogP contribution in [-0.2, 0) is 4.79 Å². The van der Waals surface area contributed by atoms with E-state index < -0.39 is 0 Å². The summed E-state index contributed by atoms with van der Waals surface area (Å²) in [5.74, 6) is 1.76. The summed E-state index contributed by atoms with van der Waals surface area (Å²) in [7, 11) is 0. The number of rotatable bonds is 0. The summed E-state index contributed by atoms with van der Waals surface area (Å²) < 4.78 is 0. The van der Waals surface area contributed by atoms with E-state index in [1.807, 2.05) is 0 Å². The molecule has 3 saturated heterocycles. The molecule has 0 saturated carbocycles. The van der Waals surface area contributed by atoms with Crippen molar-refractivity contribution in [2.24, 2.45) is 11.8 Å². The summed E-state index contributed by atoms with van der Waals surface area (Å²) >= 11 is 0. The maximum absolute atomic E-state index is 12.1. The monoisotopic (exact) mass is 246 g/mol. The Kier molecular flexibility index (Phi) is 2.51. The maximum Gasteiger partial charge on any atom is 0.246 e. The molecule has 0 spiro atoms. The molecule has 18 heavy (non-hydrogen) atoms. The van der Waals surface area contributed by atoms with Crippen molar-refractivity contribution in [3.05, 3.63) is 12.2 Å². The fraction of sp³-hybridized carbons (Fsp3) is 0.800. The number of carbonyl (C=O) groups is 1. The van der Waals surface area contributed by atoms with Crippen LogP contribution in [0.5, 0.6) is 0 Å². The fourth-order valence-electron chi connectivity index (χ4n) is 4.95. The minimum absolute atomic E-state index is 0.271. The Morgan fingerprint density at radius 3 is 2.89 bits per heavy atom. The molecule has 3 nitrogen and oxygen atoms in total. The van der Waals surface area contributed by atoms with Gasteiger partial charge < -0.3 is 4.90 Å². The third-order valence-electron chi connectivity index (χ3n) is 5.59. The van der Waals surface area contributed by atoms with E-state index in [4.69, 9.17) is 0 Å². The van der Waals surface area contributed by atoms with Crippen LogP contribution in [0.4, 0.5) is 0 Å². The van der Waals surface area contributed by atoms with Crippen LogP contribution in [0.2, 0.25) is 0 Å². The number of nitrogens with zero attached hydrogens (tertiary/aromatic N) is 2. The highest BCUT2D eigenvalue weighted by molar-refractivity contribution is 5.88. The van der Waals surface area contributed by atoms with Crippen molar-refractivity contribution >= 4 is 5.91 Å². The topological polar surface area (TPSA) is 23.6 Å². The van der Waals surface area contributed by atoms with E-state index in [-0.39, 0.29) is 5.91 Å². The van der Waals surface area contributed by atoms with Crippen molar-refractivity contribution in [1.82, 2.24) is 9.80 Å². The fourth-order valence-corrected chi connectivity index (χ4v) is 4.95. The molecule has 0 bridgehead atoms. The lowest BCUT2D eigenvalue weighted by molar-refractivity contribution is -0.141. The van der Waals surface area contributed by atoms with Gasteiger partial charge in [-0.2, -0.15) is 0 Å². The molecule has 0 aromatic heterocycles. The number of hydrogen-bond acceptors (Lipinski definition) is 2. The Bertz CT molecular complexity index is 390. The molecule has 3 heteroatoms. The van der Waals surface area contributed by atoms with Crippen molar-refractivity contribution in [3.63, 3.8) is 0 Å². The SMILES string of the molecule is O=C1C=CC[C@@H]2C3CCCN4CCC[C@H](CN12)C34.